The average Bonchev–Trinajstić information content (AvgIpc) is 2.81. The minimum Gasteiger partial charge on any atom is -0.378 e. The quantitative estimate of drug-likeness (QED) is 0.885. The van der Waals surface area contributed by atoms with E-state index in [9.17, 15) is 0 Å². The molecule has 0 amide bonds. The molecule has 96 valence electrons. The van der Waals surface area contributed by atoms with Gasteiger partial charge in [-0.05, 0) is 43.9 Å². The van der Waals surface area contributed by atoms with Gasteiger partial charge < -0.3 is 10.1 Å². The zero-order chi connectivity index (χ0) is 13.0. The highest BCUT2D eigenvalue weighted by molar-refractivity contribution is 5.34. The van der Waals surface area contributed by atoms with Crippen LogP contribution in [0.3, 0.4) is 0 Å². The standard InChI is InChI=1S/C15H20N2O/c1-11(14-5-3-4-13(8-14)9-16)17-10-15-6-7-18-12(15)2/h3-5,8,11-12,15,17H,6-7,10H2,1-2H3. The van der Waals surface area contributed by atoms with Gasteiger partial charge in [0, 0.05) is 19.2 Å². The summed E-state index contributed by atoms with van der Waals surface area (Å²) in [6.45, 7) is 6.13. The fourth-order valence-electron chi connectivity index (χ4n) is 2.37. The molecule has 1 fully saturated rings. The third-order valence-electron chi connectivity index (χ3n) is 3.74. The minimum atomic E-state index is 0.270. The maximum absolute atomic E-state index is 8.89. The van der Waals surface area contributed by atoms with Crippen molar-refractivity contribution in [2.45, 2.75) is 32.4 Å². The molecule has 1 N–H and O–H groups in total. The third kappa shape index (κ3) is 3.10. The molecule has 0 bridgehead atoms. The van der Waals surface area contributed by atoms with Crippen LogP contribution in [0.15, 0.2) is 24.3 Å². The van der Waals surface area contributed by atoms with E-state index < -0.39 is 0 Å². The molecule has 2 rings (SSSR count). The first-order valence-electron chi connectivity index (χ1n) is 6.55. The van der Waals surface area contributed by atoms with E-state index in [2.05, 4.69) is 31.3 Å². The fourth-order valence-corrected chi connectivity index (χ4v) is 2.37. The summed E-state index contributed by atoms with van der Waals surface area (Å²) in [7, 11) is 0. The van der Waals surface area contributed by atoms with E-state index in [0.717, 1.165) is 25.1 Å². The summed E-state index contributed by atoms with van der Waals surface area (Å²) in [5.74, 6) is 0.603. The summed E-state index contributed by atoms with van der Waals surface area (Å²) in [4.78, 5) is 0. The molecular formula is C15H20N2O. The van der Waals surface area contributed by atoms with Crippen molar-refractivity contribution in [3.8, 4) is 6.07 Å². The Morgan fingerprint density at radius 2 is 2.39 bits per heavy atom. The Balaban J connectivity index is 1.91. The normalized spacial score (nSPS) is 24.7. The smallest absolute Gasteiger partial charge is 0.0991 e. The van der Waals surface area contributed by atoms with E-state index in [1.54, 1.807) is 0 Å². The van der Waals surface area contributed by atoms with Crippen molar-refractivity contribution in [2.24, 2.45) is 5.92 Å². The van der Waals surface area contributed by atoms with Gasteiger partial charge in [-0.2, -0.15) is 5.26 Å². The molecule has 1 saturated heterocycles. The Morgan fingerprint density at radius 1 is 1.56 bits per heavy atom. The summed E-state index contributed by atoms with van der Waals surface area (Å²) in [6, 6.07) is 10.2. The van der Waals surface area contributed by atoms with Gasteiger partial charge in [-0.1, -0.05) is 12.1 Å². The molecule has 1 aromatic rings. The number of nitrogens with one attached hydrogen (secondary N) is 1. The summed E-state index contributed by atoms with van der Waals surface area (Å²) in [6.07, 6.45) is 1.49. The van der Waals surface area contributed by atoms with Gasteiger partial charge in [0.25, 0.3) is 0 Å². The Labute approximate surface area is 109 Å². The number of hydrogen-bond donors (Lipinski definition) is 1. The lowest BCUT2D eigenvalue weighted by Crippen LogP contribution is -2.29. The molecule has 1 heterocycles. The predicted octanol–water partition coefficient (Wildman–Crippen LogP) is 2.63. The van der Waals surface area contributed by atoms with Gasteiger partial charge >= 0.3 is 0 Å². The Kier molecular flexibility index (Phi) is 4.35. The first-order valence-corrected chi connectivity index (χ1v) is 6.55. The van der Waals surface area contributed by atoms with Crippen LogP contribution >= 0.6 is 0 Å². The van der Waals surface area contributed by atoms with Crippen LogP contribution in [0.1, 0.15) is 37.4 Å². The molecule has 0 aliphatic carbocycles. The van der Waals surface area contributed by atoms with Crippen LogP contribution in [0.4, 0.5) is 0 Å². The van der Waals surface area contributed by atoms with Gasteiger partial charge in [-0.15, -0.1) is 0 Å². The van der Waals surface area contributed by atoms with Crippen LogP contribution in [0.2, 0.25) is 0 Å². The Morgan fingerprint density at radius 3 is 3.06 bits per heavy atom. The van der Waals surface area contributed by atoms with Gasteiger partial charge in [0.2, 0.25) is 0 Å². The van der Waals surface area contributed by atoms with E-state index in [1.165, 1.54) is 5.56 Å². The highest BCUT2D eigenvalue weighted by Crippen LogP contribution is 2.21. The molecule has 3 atom stereocenters. The molecule has 0 aromatic heterocycles. The highest BCUT2D eigenvalue weighted by atomic mass is 16.5. The van der Waals surface area contributed by atoms with E-state index in [4.69, 9.17) is 10.00 Å². The van der Waals surface area contributed by atoms with Gasteiger partial charge in [-0.25, -0.2) is 0 Å². The molecule has 0 radical (unpaired) electrons. The second-order valence-electron chi connectivity index (χ2n) is 4.99. The van der Waals surface area contributed by atoms with Crippen LogP contribution in [0.5, 0.6) is 0 Å². The first-order chi connectivity index (χ1) is 8.70. The molecule has 1 aromatic carbocycles. The lowest BCUT2D eigenvalue weighted by molar-refractivity contribution is 0.105. The van der Waals surface area contributed by atoms with Gasteiger partial charge in [0.1, 0.15) is 0 Å². The monoisotopic (exact) mass is 244 g/mol. The zero-order valence-corrected chi connectivity index (χ0v) is 11.0. The molecule has 1 aliphatic rings. The second-order valence-corrected chi connectivity index (χ2v) is 4.99. The maximum Gasteiger partial charge on any atom is 0.0991 e. The zero-order valence-electron chi connectivity index (χ0n) is 11.0. The lowest BCUT2D eigenvalue weighted by atomic mass is 10.0. The van der Waals surface area contributed by atoms with E-state index in [-0.39, 0.29) is 6.04 Å². The van der Waals surface area contributed by atoms with Crippen molar-refractivity contribution in [3.05, 3.63) is 35.4 Å². The molecule has 18 heavy (non-hydrogen) atoms. The van der Waals surface area contributed by atoms with Crippen molar-refractivity contribution >= 4 is 0 Å². The predicted molar refractivity (Wildman–Crippen MR) is 71.1 cm³/mol. The van der Waals surface area contributed by atoms with Crippen LogP contribution in [-0.4, -0.2) is 19.3 Å². The van der Waals surface area contributed by atoms with Gasteiger partial charge in [-0.3, -0.25) is 0 Å². The first kappa shape index (κ1) is 13.1. The topological polar surface area (TPSA) is 45.0 Å². The van der Waals surface area contributed by atoms with Crippen molar-refractivity contribution in [1.82, 2.24) is 5.32 Å². The molecule has 3 unspecified atom stereocenters. The van der Waals surface area contributed by atoms with E-state index in [1.807, 2.05) is 18.2 Å². The largest absolute Gasteiger partial charge is 0.378 e. The van der Waals surface area contributed by atoms with Crippen LogP contribution < -0.4 is 5.32 Å². The van der Waals surface area contributed by atoms with Crippen molar-refractivity contribution in [3.63, 3.8) is 0 Å². The van der Waals surface area contributed by atoms with Gasteiger partial charge in [0.05, 0.1) is 17.7 Å². The third-order valence-corrected chi connectivity index (χ3v) is 3.74. The SMILES string of the molecule is CC(NCC1CCOC1C)c1cccc(C#N)c1. The summed E-state index contributed by atoms with van der Waals surface area (Å²) in [5, 5.41) is 12.4. The molecule has 0 spiro atoms. The van der Waals surface area contributed by atoms with E-state index in [0.29, 0.717) is 12.0 Å². The fraction of sp³-hybridized carbons (Fsp3) is 0.533. The average molecular weight is 244 g/mol. The maximum atomic E-state index is 8.89. The lowest BCUT2D eigenvalue weighted by Gasteiger charge is -2.19. The highest BCUT2D eigenvalue weighted by Gasteiger charge is 2.24. The number of hydrogen-bond acceptors (Lipinski definition) is 3. The molecule has 3 nitrogen and oxygen atoms in total. The summed E-state index contributed by atoms with van der Waals surface area (Å²) < 4.78 is 5.56. The summed E-state index contributed by atoms with van der Waals surface area (Å²) in [5.41, 5.74) is 1.89. The van der Waals surface area contributed by atoms with Crippen LogP contribution in [0, 0.1) is 17.2 Å². The number of ether oxygens (including phenoxy) is 1. The van der Waals surface area contributed by atoms with Crippen molar-refractivity contribution < 1.29 is 4.74 Å². The molecule has 3 heteroatoms. The number of rotatable bonds is 4. The molecule has 1 aliphatic heterocycles. The Bertz CT molecular complexity index is 438. The van der Waals surface area contributed by atoms with Gasteiger partial charge in [0.15, 0.2) is 0 Å². The van der Waals surface area contributed by atoms with Crippen molar-refractivity contribution in [1.29, 1.82) is 5.26 Å². The van der Waals surface area contributed by atoms with Crippen molar-refractivity contribution in [2.75, 3.05) is 13.2 Å². The van der Waals surface area contributed by atoms with E-state index >= 15 is 0 Å². The second kappa shape index (κ2) is 5.99. The van der Waals surface area contributed by atoms with Crippen LogP contribution in [-0.2, 0) is 4.74 Å². The summed E-state index contributed by atoms with van der Waals surface area (Å²) >= 11 is 0. The number of nitrogens with zero attached hydrogens (tertiary/aromatic N) is 1. The molecule has 0 saturated carbocycles. The Hall–Kier alpha value is -1.37. The van der Waals surface area contributed by atoms with Crippen LogP contribution in [0.25, 0.3) is 0 Å². The number of nitriles is 1. The molecular weight excluding hydrogens is 224 g/mol. The number of benzene rings is 1. The minimum absolute atomic E-state index is 0.270.